The number of carboxylic acid groups (broad SMARTS) is 1. The van der Waals surface area contributed by atoms with Gasteiger partial charge in [0.15, 0.2) is 0 Å². The number of aromatic nitrogens is 2. The number of carboxylic acids is 1. The van der Waals surface area contributed by atoms with Crippen molar-refractivity contribution in [3.63, 3.8) is 0 Å². The fourth-order valence-corrected chi connectivity index (χ4v) is 4.47. The molecule has 1 aliphatic rings. The van der Waals surface area contributed by atoms with E-state index in [0.29, 0.717) is 19.8 Å². The second kappa shape index (κ2) is 8.94. The zero-order chi connectivity index (χ0) is 20.9. The average Bonchev–Trinajstić information content (AvgIpc) is 3.08. The lowest BCUT2D eigenvalue weighted by Crippen LogP contribution is -2.43. The smallest absolute Gasteiger partial charge is 0.475 e. The average molecular weight is 439 g/mol. The monoisotopic (exact) mass is 439 g/mol. The topological polar surface area (TPSA) is 110 Å². The molecule has 1 unspecified atom stereocenters. The summed E-state index contributed by atoms with van der Waals surface area (Å²) in [5, 5.41) is 9.93. The summed E-state index contributed by atoms with van der Waals surface area (Å²) in [6.07, 6.45) is -2.16. The van der Waals surface area contributed by atoms with Crippen LogP contribution in [0.25, 0.3) is 0 Å². The Labute approximate surface area is 162 Å². The maximum atomic E-state index is 12.8. The van der Waals surface area contributed by atoms with Crippen molar-refractivity contribution < 1.29 is 36.2 Å². The molecule has 1 aliphatic heterocycles. The maximum Gasteiger partial charge on any atom is 0.490 e. The van der Waals surface area contributed by atoms with Gasteiger partial charge in [0.25, 0.3) is 0 Å². The van der Waals surface area contributed by atoms with Crippen molar-refractivity contribution in [3.8, 4) is 0 Å². The number of carbonyl (C=O) groups is 1. The van der Waals surface area contributed by atoms with Gasteiger partial charge in [-0.15, -0.1) is 11.3 Å². The van der Waals surface area contributed by atoms with Gasteiger partial charge in [0, 0.05) is 24.3 Å². The van der Waals surface area contributed by atoms with Crippen molar-refractivity contribution in [1.29, 1.82) is 0 Å². The minimum atomic E-state index is -5.08. The van der Waals surface area contributed by atoms with Gasteiger partial charge in [-0.05, 0) is 19.1 Å². The van der Waals surface area contributed by atoms with Gasteiger partial charge in [-0.1, -0.05) is 0 Å². The second-order valence-corrected chi connectivity index (χ2v) is 8.44. The first-order valence-corrected chi connectivity index (χ1v) is 10.1. The lowest BCUT2D eigenvalue weighted by atomic mass is 10.2. The van der Waals surface area contributed by atoms with E-state index in [1.807, 2.05) is 12.3 Å². The van der Waals surface area contributed by atoms with E-state index in [1.54, 1.807) is 18.3 Å². The number of alkyl halides is 3. The van der Waals surface area contributed by atoms with Crippen LogP contribution in [0.5, 0.6) is 0 Å². The predicted molar refractivity (Wildman–Crippen MR) is 92.2 cm³/mol. The van der Waals surface area contributed by atoms with Crippen molar-refractivity contribution in [2.45, 2.75) is 24.0 Å². The molecule has 0 bridgehead atoms. The van der Waals surface area contributed by atoms with Gasteiger partial charge < -0.3 is 9.84 Å². The number of aryl methyl sites for hydroxylation is 1. The number of rotatable bonds is 3. The number of morpholine rings is 1. The maximum absolute atomic E-state index is 12.8. The number of ether oxygens (including phenoxy) is 1. The van der Waals surface area contributed by atoms with E-state index in [2.05, 4.69) is 9.97 Å². The summed E-state index contributed by atoms with van der Waals surface area (Å²) in [4.78, 5) is 17.4. The molecule has 1 atom stereocenters. The Morgan fingerprint density at radius 1 is 1.43 bits per heavy atom. The van der Waals surface area contributed by atoms with Crippen molar-refractivity contribution in [3.05, 3.63) is 40.6 Å². The standard InChI is InChI=1S/C13H15N3O3S2.C2HF3O2/c1-10-15-12(9-20-10)13-8-19-6-5-16(13)21(17,18)11-3-2-4-14-7-11;3-2(4,5)1(6)7/h2-4,7,9,13H,5-6,8H2,1H3;(H,6,7). The van der Waals surface area contributed by atoms with Crippen LogP contribution in [-0.4, -0.2) is 59.7 Å². The minimum absolute atomic E-state index is 0.198. The summed E-state index contributed by atoms with van der Waals surface area (Å²) in [6, 6.07) is 2.80. The van der Waals surface area contributed by atoms with Crippen LogP contribution >= 0.6 is 11.3 Å². The van der Waals surface area contributed by atoms with Crippen LogP contribution in [0.1, 0.15) is 16.7 Å². The van der Waals surface area contributed by atoms with Gasteiger partial charge in [0.05, 0.1) is 30.0 Å². The molecule has 0 amide bonds. The predicted octanol–water partition coefficient (Wildman–Crippen LogP) is 2.24. The molecular formula is C15H16F3N3O5S2. The number of aliphatic carboxylic acids is 1. The van der Waals surface area contributed by atoms with Crippen LogP contribution in [-0.2, 0) is 19.6 Å². The molecule has 28 heavy (non-hydrogen) atoms. The molecule has 0 spiro atoms. The zero-order valence-electron chi connectivity index (χ0n) is 14.5. The highest BCUT2D eigenvalue weighted by molar-refractivity contribution is 7.89. The summed E-state index contributed by atoms with van der Waals surface area (Å²) in [7, 11) is -3.59. The van der Waals surface area contributed by atoms with Crippen molar-refractivity contribution >= 4 is 27.3 Å². The Morgan fingerprint density at radius 3 is 2.61 bits per heavy atom. The lowest BCUT2D eigenvalue weighted by Gasteiger charge is -2.33. The third-order valence-corrected chi connectivity index (χ3v) is 6.22. The summed E-state index contributed by atoms with van der Waals surface area (Å²) in [5.41, 5.74) is 0.740. The number of halogens is 3. The first-order valence-electron chi connectivity index (χ1n) is 7.75. The normalized spacial score (nSPS) is 18.2. The highest BCUT2D eigenvalue weighted by Gasteiger charge is 2.38. The number of hydrogen-bond acceptors (Lipinski definition) is 7. The molecule has 0 aliphatic carbocycles. The molecule has 3 rings (SSSR count). The van der Waals surface area contributed by atoms with E-state index in [1.165, 1.54) is 21.8 Å². The quantitative estimate of drug-likeness (QED) is 0.781. The Balaban J connectivity index is 0.000000345. The highest BCUT2D eigenvalue weighted by atomic mass is 32.2. The van der Waals surface area contributed by atoms with Gasteiger partial charge in [-0.3, -0.25) is 4.98 Å². The Bertz CT molecular complexity index is 903. The van der Waals surface area contributed by atoms with Gasteiger partial charge in [-0.2, -0.15) is 17.5 Å². The summed E-state index contributed by atoms with van der Waals surface area (Å²) in [6.45, 7) is 2.93. The summed E-state index contributed by atoms with van der Waals surface area (Å²) < 4.78 is 64.2. The molecule has 154 valence electrons. The van der Waals surface area contributed by atoms with Gasteiger partial charge in [0.1, 0.15) is 4.90 Å². The summed E-state index contributed by atoms with van der Waals surface area (Å²) >= 11 is 1.51. The second-order valence-electron chi connectivity index (χ2n) is 5.49. The van der Waals surface area contributed by atoms with E-state index < -0.39 is 22.2 Å². The van der Waals surface area contributed by atoms with Gasteiger partial charge in [0.2, 0.25) is 10.0 Å². The molecule has 2 aromatic rings. The Morgan fingerprint density at radius 2 is 2.11 bits per heavy atom. The highest BCUT2D eigenvalue weighted by Crippen LogP contribution is 2.30. The molecule has 0 aromatic carbocycles. The molecule has 1 N–H and O–H groups in total. The first-order chi connectivity index (χ1) is 13.0. The molecule has 1 saturated heterocycles. The molecule has 0 radical (unpaired) electrons. The van der Waals surface area contributed by atoms with Crippen LogP contribution in [0.4, 0.5) is 13.2 Å². The van der Waals surface area contributed by atoms with E-state index in [4.69, 9.17) is 14.6 Å². The third-order valence-electron chi connectivity index (χ3n) is 3.54. The fourth-order valence-electron chi connectivity index (χ4n) is 2.28. The Hall–Kier alpha value is -2.09. The third kappa shape index (κ3) is 5.47. The van der Waals surface area contributed by atoms with E-state index in [-0.39, 0.29) is 10.9 Å². The molecule has 8 nitrogen and oxygen atoms in total. The van der Waals surface area contributed by atoms with Crippen LogP contribution in [0, 0.1) is 6.92 Å². The fraction of sp³-hybridized carbons (Fsp3) is 0.400. The van der Waals surface area contributed by atoms with E-state index in [0.717, 1.165) is 10.7 Å². The van der Waals surface area contributed by atoms with Gasteiger partial charge in [-0.25, -0.2) is 18.2 Å². The lowest BCUT2D eigenvalue weighted by molar-refractivity contribution is -0.192. The number of pyridine rings is 1. The minimum Gasteiger partial charge on any atom is -0.475 e. The molecule has 0 saturated carbocycles. The van der Waals surface area contributed by atoms with Crippen LogP contribution in [0.2, 0.25) is 0 Å². The van der Waals surface area contributed by atoms with Crippen LogP contribution in [0.3, 0.4) is 0 Å². The van der Waals surface area contributed by atoms with Crippen molar-refractivity contribution in [2.24, 2.45) is 0 Å². The molecule has 13 heteroatoms. The summed E-state index contributed by atoms with van der Waals surface area (Å²) in [5.74, 6) is -2.76. The van der Waals surface area contributed by atoms with Crippen molar-refractivity contribution in [2.75, 3.05) is 19.8 Å². The van der Waals surface area contributed by atoms with Crippen LogP contribution < -0.4 is 0 Å². The van der Waals surface area contributed by atoms with Gasteiger partial charge >= 0.3 is 12.1 Å². The number of hydrogen-bond donors (Lipinski definition) is 1. The number of nitrogens with zero attached hydrogens (tertiary/aromatic N) is 3. The van der Waals surface area contributed by atoms with E-state index >= 15 is 0 Å². The van der Waals surface area contributed by atoms with Crippen LogP contribution in [0.15, 0.2) is 34.8 Å². The molecule has 3 heterocycles. The largest absolute Gasteiger partial charge is 0.490 e. The molecule has 2 aromatic heterocycles. The Kier molecular flexibility index (Phi) is 7.09. The number of sulfonamides is 1. The SMILES string of the molecule is Cc1nc(C2COCCN2S(=O)(=O)c2cccnc2)cs1.O=C(O)C(F)(F)F. The van der Waals surface area contributed by atoms with Crippen molar-refractivity contribution in [1.82, 2.24) is 14.3 Å². The first kappa shape index (κ1) is 22.2. The van der Waals surface area contributed by atoms with E-state index in [9.17, 15) is 21.6 Å². The zero-order valence-corrected chi connectivity index (χ0v) is 16.1. The molecule has 1 fully saturated rings. The number of thiazole rings is 1. The molecular weight excluding hydrogens is 423 g/mol.